The summed E-state index contributed by atoms with van der Waals surface area (Å²) in [5.74, 6) is -6.89. The first-order chi connectivity index (χ1) is 9.41. The lowest BCUT2D eigenvalue weighted by molar-refractivity contribution is -0.154. The molecular formula is C12H10F3NO4. The van der Waals surface area contributed by atoms with Gasteiger partial charge in [0, 0.05) is 6.54 Å². The highest BCUT2D eigenvalue weighted by atomic mass is 19.2. The average Bonchev–Trinajstić information content (AvgIpc) is 2.44. The van der Waals surface area contributed by atoms with Gasteiger partial charge in [-0.3, -0.25) is 4.79 Å². The number of nitrogens with zero attached hydrogens (tertiary/aromatic N) is 1. The number of carboxylic acid groups (broad SMARTS) is 1. The van der Waals surface area contributed by atoms with E-state index in [4.69, 9.17) is 9.84 Å². The van der Waals surface area contributed by atoms with Gasteiger partial charge in [0.2, 0.25) is 0 Å². The minimum atomic E-state index is -1.74. The van der Waals surface area contributed by atoms with Crippen LogP contribution in [0, 0.1) is 17.5 Å². The van der Waals surface area contributed by atoms with Gasteiger partial charge >= 0.3 is 5.97 Å². The zero-order valence-corrected chi connectivity index (χ0v) is 10.1. The third-order valence-electron chi connectivity index (χ3n) is 2.89. The number of carbonyl (C=O) groups is 2. The molecule has 1 unspecified atom stereocenters. The van der Waals surface area contributed by atoms with E-state index in [1.54, 1.807) is 0 Å². The van der Waals surface area contributed by atoms with Gasteiger partial charge in [-0.1, -0.05) is 0 Å². The number of carbonyl (C=O) groups excluding carboxylic acids is 1. The molecule has 2 rings (SSSR count). The van der Waals surface area contributed by atoms with E-state index < -0.39 is 41.0 Å². The van der Waals surface area contributed by atoms with E-state index in [1.807, 2.05) is 0 Å². The smallest absolute Gasteiger partial charge is 0.334 e. The minimum Gasteiger partial charge on any atom is -0.479 e. The van der Waals surface area contributed by atoms with E-state index in [1.165, 1.54) is 0 Å². The number of carboxylic acids is 1. The van der Waals surface area contributed by atoms with Crippen LogP contribution in [0.4, 0.5) is 13.2 Å². The van der Waals surface area contributed by atoms with Crippen LogP contribution in [0.15, 0.2) is 12.1 Å². The molecule has 1 saturated heterocycles. The van der Waals surface area contributed by atoms with Crippen LogP contribution in [0.1, 0.15) is 10.4 Å². The van der Waals surface area contributed by atoms with Crippen molar-refractivity contribution in [1.29, 1.82) is 0 Å². The molecule has 1 aromatic carbocycles. The highest BCUT2D eigenvalue weighted by Crippen LogP contribution is 2.18. The lowest BCUT2D eigenvalue weighted by Crippen LogP contribution is -2.48. The summed E-state index contributed by atoms with van der Waals surface area (Å²) in [5, 5.41) is 8.80. The third kappa shape index (κ3) is 2.60. The Morgan fingerprint density at radius 2 is 1.95 bits per heavy atom. The molecule has 0 aromatic heterocycles. The second-order valence-electron chi connectivity index (χ2n) is 4.17. The fourth-order valence-corrected chi connectivity index (χ4v) is 1.84. The first-order valence-corrected chi connectivity index (χ1v) is 5.69. The summed E-state index contributed by atoms with van der Waals surface area (Å²) in [6.07, 6.45) is -1.22. The van der Waals surface area contributed by atoms with Crippen molar-refractivity contribution < 1.29 is 32.6 Å². The van der Waals surface area contributed by atoms with Crippen molar-refractivity contribution in [3.05, 3.63) is 35.1 Å². The molecule has 0 radical (unpaired) electrons. The molecule has 8 heteroatoms. The number of hydrogen-bond donors (Lipinski definition) is 1. The van der Waals surface area contributed by atoms with E-state index in [0.29, 0.717) is 6.07 Å². The number of rotatable bonds is 2. The number of aliphatic carboxylic acids is 1. The Hall–Kier alpha value is -2.09. The maximum Gasteiger partial charge on any atom is 0.334 e. The molecule has 0 spiro atoms. The van der Waals surface area contributed by atoms with Crippen LogP contribution in [0.25, 0.3) is 0 Å². The average molecular weight is 289 g/mol. The molecule has 0 aliphatic carbocycles. The number of hydrogen-bond acceptors (Lipinski definition) is 3. The largest absolute Gasteiger partial charge is 0.479 e. The summed E-state index contributed by atoms with van der Waals surface area (Å²) in [7, 11) is 0. The standard InChI is InChI=1S/C12H10F3NO4/c13-7-2-1-6(9(14)10(7)15)11(17)16-3-4-20-8(5-16)12(18)19/h1-2,8H,3-5H2,(H,18,19). The second-order valence-corrected chi connectivity index (χ2v) is 4.17. The van der Waals surface area contributed by atoms with Gasteiger partial charge in [0.25, 0.3) is 5.91 Å². The maximum absolute atomic E-state index is 13.5. The molecular weight excluding hydrogens is 279 g/mol. The Balaban J connectivity index is 2.23. The van der Waals surface area contributed by atoms with Crippen LogP contribution >= 0.6 is 0 Å². The molecule has 108 valence electrons. The molecule has 1 aliphatic rings. The van der Waals surface area contributed by atoms with Gasteiger partial charge in [0.05, 0.1) is 18.7 Å². The fraction of sp³-hybridized carbons (Fsp3) is 0.333. The molecule has 0 saturated carbocycles. The van der Waals surface area contributed by atoms with Crippen molar-refractivity contribution in [2.75, 3.05) is 19.7 Å². The summed E-state index contributed by atoms with van der Waals surface area (Å²) in [6, 6.07) is 1.46. The summed E-state index contributed by atoms with van der Waals surface area (Å²) >= 11 is 0. The minimum absolute atomic E-state index is 0.0337. The van der Waals surface area contributed by atoms with Crippen molar-refractivity contribution >= 4 is 11.9 Å². The molecule has 20 heavy (non-hydrogen) atoms. The van der Waals surface area contributed by atoms with Gasteiger partial charge in [-0.15, -0.1) is 0 Å². The van der Waals surface area contributed by atoms with Crippen LogP contribution in [-0.2, 0) is 9.53 Å². The summed E-state index contributed by atoms with van der Waals surface area (Å²) in [6.45, 7) is -0.276. The predicted molar refractivity (Wildman–Crippen MR) is 59.6 cm³/mol. The Labute approximate surface area is 111 Å². The number of benzene rings is 1. The molecule has 1 N–H and O–H groups in total. The molecule has 1 heterocycles. The van der Waals surface area contributed by atoms with Crippen LogP contribution < -0.4 is 0 Å². The number of amides is 1. The Morgan fingerprint density at radius 1 is 1.25 bits per heavy atom. The van der Waals surface area contributed by atoms with Crippen LogP contribution in [0.3, 0.4) is 0 Å². The Kier molecular flexibility index (Phi) is 3.93. The number of morpholine rings is 1. The molecule has 1 fully saturated rings. The molecule has 5 nitrogen and oxygen atoms in total. The summed E-state index contributed by atoms with van der Waals surface area (Å²) in [5.41, 5.74) is -0.644. The van der Waals surface area contributed by atoms with Gasteiger partial charge in [-0.25, -0.2) is 18.0 Å². The van der Waals surface area contributed by atoms with Crippen LogP contribution in [-0.4, -0.2) is 47.7 Å². The van der Waals surface area contributed by atoms with Gasteiger partial charge in [0.1, 0.15) is 0 Å². The first kappa shape index (κ1) is 14.3. The van der Waals surface area contributed by atoms with Crippen molar-refractivity contribution in [3.8, 4) is 0 Å². The Morgan fingerprint density at radius 3 is 2.60 bits per heavy atom. The quantitative estimate of drug-likeness (QED) is 0.826. The topological polar surface area (TPSA) is 66.8 Å². The lowest BCUT2D eigenvalue weighted by Gasteiger charge is -2.31. The zero-order valence-electron chi connectivity index (χ0n) is 10.1. The second kappa shape index (κ2) is 5.49. The zero-order chi connectivity index (χ0) is 14.9. The van der Waals surface area contributed by atoms with E-state index >= 15 is 0 Å². The van der Waals surface area contributed by atoms with Crippen molar-refractivity contribution in [2.24, 2.45) is 0 Å². The van der Waals surface area contributed by atoms with Crippen molar-refractivity contribution in [1.82, 2.24) is 4.90 Å². The molecule has 1 amide bonds. The first-order valence-electron chi connectivity index (χ1n) is 5.69. The van der Waals surface area contributed by atoms with Crippen LogP contribution in [0.5, 0.6) is 0 Å². The normalized spacial score (nSPS) is 18.9. The monoisotopic (exact) mass is 289 g/mol. The van der Waals surface area contributed by atoms with Crippen molar-refractivity contribution in [3.63, 3.8) is 0 Å². The SMILES string of the molecule is O=C(O)C1CN(C(=O)c2ccc(F)c(F)c2F)CCO1. The molecule has 0 bridgehead atoms. The van der Waals surface area contributed by atoms with Crippen LogP contribution in [0.2, 0.25) is 0 Å². The van der Waals surface area contributed by atoms with Crippen molar-refractivity contribution in [2.45, 2.75) is 6.10 Å². The van der Waals surface area contributed by atoms with Gasteiger partial charge in [-0.2, -0.15) is 0 Å². The van der Waals surface area contributed by atoms with E-state index in [9.17, 15) is 22.8 Å². The highest BCUT2D eigenvalue weighted by molar-refractivity contribution is 5.95. The molecule has 1 aromatic rings. The van der Waals surface area contributed by atoms with E-state index in [-0.39, 0.29) is 19.7 Å². The highest BCUT2D eigenvalue weighted by Gasteiger charge is 2.31. The lowest BCUT2D eigenvalue weighted by atomic mass is 10.1. The van der Waals surface area contributed by atoms with E-state index in [0.717, 1.165) is 11.0 Å². The van der Waals surface area contributed by atoms with E-state index in [2.05, 4.69) is 0 Å². The maximum atomic E-state index is 13.5. The molecule has 1 aliphatic heterocycles. The van der Waals surface area contributed by atoms with Gasteiger partial charge < -0.3 is 14.7 Å². The Bertz CT molecular complexity index is 564. The number of ether oxygens (including phenoxy) is 1. The summed E-state index contributed by atoms with van der Waals surface area (Å²) in [4.78, 5) is 23.8. The van der Waals surface area contributed by atoms with Gasteiger partial charge in [0.15, 0.2) is 23.6 Å². The molecule has 1 atom stereocenters. The fourth-order valence-electron chi connectivity index (χ4n) is 1.84. The predicted octanol–water partition coefficient (Wildman–Crippen LogP) is 1.03. The third-order valence-corrected chi connectivity index (χ3v) is 2.89. The summed E-state index contributed by atoms with van der Waals surface area (Å²) < 4.78 is 44.3. The van der Waals surface area contributed by atoms with Gasteiger partial charge in [-0.05, 0) is 12.1 Å². The number of halogens is 3.